The second-order valence-electron chi connectivity index (χ2n) is 3.09. The first kappa shape index (κ1) is 8.64. The molecule has 0 saturated heterocycles. The monoisotopic (exact) mass is 193 g/mol. The van der Waals surface area contributed by atoms with Crippen LogP contribution in [0.3, 0.4) is 0 Å². The Balaban J connectivity index is 2.39. The van der Waals surface area contributed by atoms with Crippen LogP contribution in [0.4, 0.5) is 5.69 Å². The van der Waals surface area contributed by atoms with Crippen LogP contribution in [0.15, 0.2) is 29.8 Å². The zero-order valence-corrected chi connectivity index (χ0v) is 7.51. The van der Waals surface area contributed by atoms with E-state index in [-0.39, 0.29) is 10.3 Å². The number of carboxylic acids is 1. The van der Waals surface area contributed by atoms with Crippen molar-refractivity contribution in [1.29, 1.82) is 0 Å². The van der Waals surface area contributed by atoms with Crippen molar-refractivity contribution in [2.45, 2.75) is 0 Å². The molecule has 72 valence electrons. The van der Waals surface area contributed by atoms with Gasteiger partial charge in [-0.2, -0.15) is 5.10 Å². The number of aromatic amines is 1. The first-order chi connectivity index (χ1) is 6.62. The first-order valence-corrected chi connectivity index (χ1v) is 4.00. The quantitative estimate of drug-likeness (QED) is 0.663. The number of aromatic nitrogens is 2. The highest BCUT2D eigenvalue weighted by molar-refractivity contribution is 6.41. The Morgan fingerprint density at radius 3 is 2.93 bits per heavy atom. The van der Waals surface area contributed by atoms with Gasteiger partial charge < -0.3 is 5.11 Å². The maximum absolute atomic E-state index is 10.6. The van der Waals surface area contributed by atoms with Gasteiger partial charge in [0.2, 0.25) is 11.4 Å². The number of rotatable bonds is 2. The summed E-state index contributed by atoms with van der Waals surface area (Å²) in [4.78, 5) is 10.6. The third-order valence-electron chi connectivity index (χ3n) is 2.06. The van der Waals surface area contributed by atoms with E-state index in [0.29, 0.717) is 0 Å². The maximum atomic E-state index is 10.6. The van der Waals surface area contributed by atoms with Gasteiger partial charge in [-0.25, -0.2) is 4.79 Å². The Kier molecular flexibility index (Phi) is 1.71. The van der Waals surface area contributed by atoms with Gasteiger partial charge in [-0.15, -0.1) is 4.59 Å². The first-order valence-electron chi connectivity index (χ1n) is 4.00. The molecule has 2 N–H and O–H groups in total. The molecule has 2 rings (SSSR count). The van der Waals surface area contributed by atoms with Crippen molar-refractivity contribution in [2.75, 3.05) is 7.05 Å². The van der Waals surface area contributed by atoms with Crippen molar-refractivity contribution in [2.24, 2.45) is 5.10 Å². The molecule has 1 aromatic rings. The molecule has 0 amide bonds. The van der Waals surface area contributed by atoms with Gasteiger partial charge in [0.25, 0.3) is 0 Å². The fourth-order valence-electron chi connectivity index (χ4n) is 1.26. The molecule has 0 fully saturated rings. The fourth-order valence-corrected chi connectivity index (χ4v) is 1.26. The zero-order valence-electron chi connectivity index (χ0n) is 7.51. The minimum atomic E-state index is -1.02. The van der Waals surface area contributed by atoms with Crippen LogP contribution in [0.2, 0.25) is 0 Å². The van der Waals surface area contributed by atoms with Crippen LogP contribution in [0.25, 0.3) is 0 Å². The van der Waals surface area contributed by atoms with E-state index in [9.17, 15) is 4.79 Å². The molecular formula is C8H9N4O2+. The summed E-state index contributed by atoms with van der Waals surface area (Å²) in [6, 6.07) is 0. The van der Waals surface area contributed by atoms with E-state index in [1.165, 1.54) is 6.08 Å². The highest BCUT2D eigenvalue weighted by atomic mass is 16.4. The number of quaternary nitrogens is 1. The lowest BCUT2D eigenvalue weighted by atomic mass is 10.4. The molecule has 0 aromatic carbocycles. The third kappa shape index (κ3) is 1.21. The number of nitrogens with one attached hydrogen (secondary N) is 1. The average Bonchev–Trinajstić information content (AvgIpc) is 2.71. The smallest absolute Gasteiger partial charge is 0.360 e. The molecule has 6 nitrogen and oxygen atoms in total. The van der Waals surface area contributed by atoms with Crippen LogP contribution >= 0.6 is 0 Å². The van der Waals surface area contributed by atoms with E-state index in [1.807, 2.05) is 0 Å². The minimum Gasteiger partial charge on any atom is -0.476 e. The number of nitrogens with zero attached hydrogens (tertiary/aromatic N) is 3. The predicted molar refractivity (Wildman–Crippen MR) is 50.5 cm³/mol. The minimum absolute atomic E-state index is 0.0497. The molecule has 0 radical (unpaired) electrons. The molecule has 2 heterocycles. The molecule has 1 aromatic heterocycles. The van der Waals surface area contributed by atoms with E-state index in [4.69, 9.17) is 5.11 Å². The summed E-state index contributed by atoms with van der Waals surface area (Å²) < 4.78 is 0.0815. The van der Waals surface area contributed by atoms with Crippen molar-refractivity contribution in [3.8, 4) is 0 Å². The number of carboxylic acid groups (broad SMARTS) is 1. The molecule has 1 aliphatic heterocycles. The van der Waals surface area contributed by atoms with Crippen molar-refractivity contribution in [3.05, 3.63) is 24.7 Å². The maximum Gasteiger partial charge on any atom is 0.360 e. The molecule has 1 aliphatic rings. The topological polar surface area (TPSA) is 78.3 Å². The van der Waals surface area contributed by atoms with Crippen LogP contribution < -0.4 is 4.59 Å². The van der Waals surface area contributed by atoms with Gasteiger partial charge in [-0.3, -0.25) is 5.10 Å². The van der Waals surface area contributed by atoms with Gasteiger partial charge in [0.05, 0.1) is 6.20 Å². The van der Waals surface area contributed by atoms with Gasteiger partial charge in [0, 0.05) is 6.08 Å². The Bertz CT molecular complexity index is 421. The van der Waals surface area contributed by atoms with Crippen LogP contribution in [-0.4, -0.2) is 34.0 Å². The van der Waals surface area contributed by atoms with Crippen LogP contribution in [-0.2, 0) is 4.79 Å². The van der Waals surface area contributed by atoms with Crippen LogP contribution in [0, 0.1) is 0 Å². The summed E-state index contributed by atoms with van der Waals surface area (Å²) in [5.74, 6) is -1.02. The standard InChI is InChI=1S/C8H8N4O2/c1-12(6-4-9-10-5-6)3-2-7(11-12)8(13)14/h2-5H,1H3,(H-,9,10,13,14)/p+1. The van der Waals surface area contributed by atoms with Gasteiger partial charge in [0.1, 0.15) is 19.4 Å². The van der Waals surface area contributed by atoms with Crippen molar-refractivity contribution >= 4 is 17.4 Å². The number of hydrogen-bond acceptors (Lipinski definition) is 3. The molecule has 0 spiro atoms. The molecular weight excluding hydrogens is 184 g/mol. The van der Waals surface area contributed by atoms with E-state index in [0.717, 1.165) is 5.69 Å². The summed E-state index contributed by atoms with van der Waals surface area (Å²) in [7, 11) is 1.78. The second kappa shape index (κ2) is 2.78. The number of hydrogen-bond donors (Lipinski definition) is 2. The molecule has 0 aliphatic carbocycles. The lowest BCUT2D eigenvalue weighted by Crippen LogP contribution is -2.30. The highest BCUT2D eigenvalue weighted by Gasteiger charge is 2.31. The molecule has 6 heteroatoms. The van der Waals surface area contributed by atoms with Crippen LogP contribution in [0.1, 0.15) is 0 Å². The molecule has 14 heavy (non-hydrogen) atoms. The van der Waals surface area contributed by atoms with Gasteiger partial charge in [-0.05, 0) is 0 Å². The average molecular weight is 193 g/mol. The SMILES string of the molecule is C[N+]1(c2cn[nH]c2)C=CC(C(=O)O)=N1. The van der Waals surface area contributed by atoms with Crippen molar-refractivity contribution < 1.29 is 9.90 Å². The van der Waals surface area contributed by atoms with E-state index in [2.05, 4.69) is 15.3 Å². The Morgan fingerprint density at radius 1 is 1.64 bits per heavy atom. The van der Waals surface area contributed by atoms with Gasteiger partial charge >= 0.3 is 5.97 Å². The summed E-state index contributed by atoms with van der Waals surface area (Å²) in [6.45, 7) is 0. The van der Waals surface area contributed by atoms with Gasteiger partial charge in [-0.1, -0.05) is 5.10 Å². The Labute approximate surface area is 79.7 Å². The van der Waals surface area contributed by atoms with Crippen molar-refractivity contribution in [1.82, 2.24) is 14.8 Å². The van der Waals surface area contributed by atoms with E-state index in [1.54, 1.807) is 25.6 Å². The number of aliphatic carboxylic acids is 1. The molecule has 1 unspecified atom stereocenters. The zero-order chi connectivity index (χ0) is 10.2. The second-order valence-corrected chi connectivity index (χ2v) is 3.09. The fraction of sp³-hybridized carbons (Fsp3) is 0.125. The van der Waals surface area contributed by atoms with E-state index < -0.39 is 5.97 Å². The summed E-state index contributed by atoms with van der Waals surface area (Å²) in [6.07, 6.45) is 6.46. The molecule has 0 bridgehead atoms. The van der Waals surface area contributed by atoms with E-state index >= 15 is 0 Å². The van der Waals surface area contributed by atoms with Crippen molar-refractivity contribution in [3.63, 3.8) is 0 Å². The number of carbonyl (C=O) groups is 1. The third-order valence-corrected chi connectivity index (χ3v) is 2.06. The largest absolute Gasteiger partial charge is 0.476 e. The Morgan fingerprint density at radius 2 is 2.43 bits per heavy atom. The summed E-state index contributed by atoms with van der Waals surface area (Å²) in [5.41, 5.74) is 0.839. The van der Waals surface area contributed by atoms with Crippen LogP contribution in [0.5, 0.6) is 0 Å². The lowest BCUT2D eigenvalue weighted by Gasteiger charge is -2.16. The lowest BCUT2D eigenvalue weighted by molar-refractivity contribution is -0.129. The Hall–Kier alpha value is -1.95. The molecule has 1 atom stereocenters. The summed E-state index contributed by atoms with van der Waals surface area (Å²) >= 11 is 0. The number of H-pyrrole nitrogens is 1. The molecule has 0 saturated carbocycles. The normalized spacial score (nSPS) is 25.1. The van der Waals surface area contributed by atoms with Gasteiger partial charge in [0.15, 0.2) is 0 Å². The highest BCUT2D eigenvalue weighted by Crippen LogP contribution is 2.24. The summed E-state index contributed by atoms with van der Waals surface area (Å²) in [5, 5.41) is 19.2. The predicted octanol–water partition coefficient (Wildman–Crippen LogP) is 0.315.